The largest absolute Gasteiger partial charge is 0.508 e. The number of carboxylic acids is 1. The van der Waals surface area contributed by atoms with Gasteiger partial charge in [0.25, 0.3) is 0 Å². The van der Waals surface area contributed by atoms with Crippen molar-refractivity contribution in [3.63, 3.8) is 0 Å². The van der Waals surface area contributed by atoms with Crippen LogP contribution in [0.25, 0.3) is 0 Å². The minimum atomic E-state index is -0.722. The number of hydrogen-bond acceptors (Lipinski definition) is 2. The number of carbonyl (C=O) groups is 1. The minimum Gasteiger partial charge on any atom is -0.508 e. The monoisotopic (exact) mass is 318 g/mol. The van der Waals surface area contributed by atoms with Gasteiger partial charge in [0, 0.05) is 0 Å². The molecule has 0 spiro atoms. The van der Waals surface area contributed by atoms with E-state index in [0.29, 0.717) is 12.2 Å². The highest BCUT2D eigenvalue weighted by Crippen LogP contribution is 2.45. The predicted octanol–water partition coefficient (Wildman–Crippen LogP) is 4.66. The molecule has 2 N–H and O–H groups in total. The van der Waals surface area contributed by atoms with Crippen molar-refractivity contribution in [3.05, 3.63) is 29.3 Å². The first-order valence-corrected chi connectivity index (χ1v) is 8.77. The summed E-state index contributed by atoms with van der Waals surface area (Å²) in [6.07, 6.45) is 5.73. The maximum absolute atomic E-state index is 10.3. The molecule has 23 heavy (non-hydrogen) atoms. The average molecular weight is 318 g/mol. The lowest BCUT2D eigenvalue weighted by Crippen LogP contribution is -2.21. The van der Waals surface area contributed by atoms with Gasteiger partial charge in [-0.2, -0.15) is 0 Å². The van der Waals surface area contributed by atoms with Crippen LogP contribution in [0.4, 0.5) is 0 Å². The molecule has 3 unspecified atom stereocenters. The maximum Gasteiger partial charge on any atom is 0.309 e. The second kappa shape index (κ2) is 6.94. The van der Waals surface area contributed by atoms with Gasteiger partial charge in [0.1, 0.15) is 5.75 Å². The van der Waals surface area contributed by atoms with Gasteiger partial charge in [-0.15, -0.1) is 0 Å². The molecule has 1 fully saturated rings. The SMILES string of the molecule is CC1CC2Cc3cccc(O)c3CC2C1.CCC(C)(C)C(=O)O. The van der Waals surface area contributed by atoms with Crippen LogP contribution in [0.5, 0.6) is 5.75 Å². The van der Waals surface area contributed by atoms with Crippen molar-refractivity contribution in [2.45, 2.75) is 59.8 Å². The van der Waals surface area contributed by atoms with Crippen LogP contribution in [0.2, 0.25) is 0 Å². The van der Waals surface area contributed by atoms with Gasteiger partial charge in [0.2, 0.25) is 0 Å². The summed E-state index contributed by atoms with van der Waals surface area (Å²) in [7, 11) is 0. The summed E-state index contributed by atoms with van der Waals surface area (Å²) in [5.74, 6) is 2.40. The molecule has 0 amide bonds. The Hall–Kier alpha value is -1.51. The smallest absolute Gasteiger partial charge is 0.309 e. The van der Waals surface area contributed by atoms with Crippen LogP contribution < -0.4 is 0 Å². The highest BCUT2D eigenvalue weighted by Gasteiger charge is 2.36. The van der Waals surface area contributed by atoms with Crippen molar-refractivity contribution in [1.82, 2.24) is 0 Å². The van der Waals surface area contributed by atoms with Gasteiger partial charge in [0.05, 0.1) is 5.41 Å². The molecule has 0 aliphatic heterocycles. The molecule has 2 aliphatic carbocycles. The number of aliphatic carboxylic acids is 1. The van der Waals surface area contributed by atoms with Gasteiger partial charge < -0.3 is 10.2 Å². The van der Waals surface area contributed by atoms with Gasteiger partial charge in [-0.25, -0.2) is 0 Å². The van der Waals surface area contributed by atoms with Gasteiger partial charge >= 0.3 is 5.97 Å². The highest BCUT2D eigenvalue weighted by atomic mass is 16.4. The van der Waals surface area contributed by atoms with E-state index < -0.39 is 11.4 Å². The van der Waals surface area contributed by atoms with Crippen LogP contribution in [0.1, 0.15) is 58.1 Å². The minimum absolute atomic E-state index is 0.519. The molecule has 128 valence electrons. The van der Waals surface area contributed by atoms with Gasteiger partial charge in [-0.1, -0.05) is 26.0 Å². The standard InChI is InChI=1S/C14H18O.C6H12O2/c1-9-5-11-7-10-3-2-4-14(15)13(10)8-12(11)6-9;1-4-6(2,3)5(7)8/h2-4,9,11-12,15H,5-8H2,1H3;4H2,1-3H3,(H,7,8). The summed E-state index contributed by atoms with van der Waals surface area (Å²) in [5.41, 5.74) is 2.08. The van der Waals surface area contributed by atoms with E-state index in [4.69, 9.17) is 5.11 Å². The lowest BCUT2D eigenvalue weighted by Gasteiger charge is -2.28. The van der Waals surface area contributed by atoms with Crippen molar-refractivity contribution >= 4 is 5.97 Å². The van der Waals surface area contributed by atoms with Crippen molar-refractivity contribution in [3.8, 4) is 5.75 Å². The number of benzene rings is 1. The number of carboxylic acid groups (broad SMARTS) is 1. The third-order valence-corrected chi connectivity index (χ3v) is 5.74. The molecule has 3 nitrogen and oxygen atoms in total. The lowest BCUT2D eigenvalue weighted by molar-refractivity contribution is -0.147. The van der Waals surface area contributed by atoms with E-state index in [2.05, 4.69) is 13.0 Å². The molecular weight excluding hydrogens is 288 g/mol. The number of hydrogen-bond donors (Lipinski definition) is 2. The summed E-state index contributed by atoms with van der Waals surface area (Å²) >= 11 is 0. The van der Waals surface area contributed by atoms with Gasteiger partial charge in [-0.05, 0) is 80.9 Å². The molecule has 0 heterocycles. The maximum atomic E-state index is 10.3. The summed E-state index contributed by atoms with van der Waals surface area (Å²) in [6.45, 7) is 7.67. The Balaban J connectivity index is 0.000000207. The summed E-state index contributed by atoms with van der Waals surface area (Å²) in [6, 6.07) is 6.00. The first-order valence-electron chi connectivity index (χ1n) is 8.77. The molecule has 3 heteroatoms. The highest BCUT2D eigenvalue weighted by molar-refractivity contribution is 5.73. The fraction of sp³-hybridized carbons (Fsp3) is 0.650. The number of phenolic OH excluding ortho intramolecular Hbond substituents is 1. The van der Waals surface area contributed by atoms with E-state index in [9.17, 15) is 9.90 Å². The summed E-state index contributed by atoms with van der Waals surface area (Å²) in [4.78, 5) is 10.3. The van der Waals surface area contributed by atoms with Crippen LogP contribution in [-0.4, -0.2) is 16.2 Å². The van der Waals surface area contributed by atoms with E-state index in [-0.39, 0.29) is 0 Å². The third kappa shape index (κ3) is 4.07. The molecule has 3 atom stereocenters. The molecule has 1 aromatic rings. The van der Waals surface area contributed by atoms with Crippen LogP contribution in [0.15, 0.2) is 18.2 Å². The number of rotatable bonds is 2. The van der Waals surface area contributed by atoms with E-state index in [1.807, 2.05) is 19.1 Å². The number of phenols is 1. The van der Waals surface area contributed by atoms with Crippen molar-refractivity contribution in [1.29, 1.82) is 0 Å². The first-order chi connectivity index (χ1) is 10.7. The first kappa shape index (κ1) is 17.8. The Morgan fingerprint density at radius 2 is 1.83 bits per heavy atom. The van der Waals surface area contributed by atoms with Crippen LogP contribution in [0, 0.1) is 23.2 Å². The Labute approximate surface area is 139 Å². The fourth-order valence-electron chi connectivity index (χ4n) is 3.76. The van der Waals surface area contributed by atoms with Crippen LogP contribution in [-0.2, 0) is 17.6 Å². The Kier molecular flexibility index (Phi) is 5.38. The molecular formula is C20H30O3. The Bertz CT molecular complexity index is 562. The zero-order valence-electron chi connectivity index (χ0n) is 14.8. The third-order valence-electron chi connectivity index (χ3n) is 5.74. The van der Waals surface area contributed by atoms with Crippen molar-refractivity contribution in [2.75, 3.05) is 0 Å². The van der Waals surface area contributed by atoms with E-state index >= 15 is 0 Å². The molecule has 1 saturated carbocycles. The Morgan fingerprint density at radius 3 is 2.35 bits per heavy atom. The normalized spacial score (nSPS) is 25.8. The molecule has 0 saturated heterocycles. The average Bonchev–Trinajstić information content (AvgIpc) is 2.85. The summed E-state index contributed by atoms with van der Waals surface area (Å²) in [5, 5.41) is 18.3. The topological polar surface area (TPSA) is 57.5 Å². The molecule has 1 aromatic carbocycles. The second-order valence-corrected chi connectivity index (χ2v) is 7.96. The molecule has 0 radical (unpaired) electrons. The van der Waals surface area contributed by atoms with Crippen molar-refractivity contribution < 1.29 is 15.0 Å². The summed E-state index contributed by atoms with van der Waals surface area (Å²) < 4.78 is 0. The van der Waals surface area contributed by atoms with E-state index in [1.165, 1.54) is 30.4 Å². The van der Waals surface area contributed by atoms with E-state index in [1.54, 1.807) is 13.8 Å². The van der Waals surface area contributed by atoms with Gasteiger partial charge in [-0.3, -0.25) is 4.79 Å². The lowest BCUT2D eigenvalue weighted by atomic mass is 9.77. The van der Waals surface area contributed by atoms with Gasteiger partial charge in [0.15, 0.2) is 0 Å². The number of fused-ring (bicyclic) bond motifs is 2. The van der Waals surface area contributed by atoms with Crippen LogP contribution >= 0.6 is 0 Å². The van der Waals surface area contributed by atoms with Crippen molar-refractivity contribution in [2.24, 2.45) is 23.2 Å². The predicted molar refractivity (Wildman–Crippen MR) is 92.6 cm³/mol. The van der Waals surface area contributed by atoms with Crippen LogP contribution in [0.3, 0.4) is 0 Å². The fourth-order valence-corrected chi connectivity index (χ4v) is 3.76. The molecule has 3 rings (SSSR count). The molecule has 0 bridgehead atoms. The molecule has 2 aliphatic rings. The molecule has 0 aromatic heterocycles. The zero-order chi connectivity index (χ0) is 17.2. The zero-order valence-corrected chi connectivity index (χ0v) is 14.8. The number of aromatic hydroxyl groups is 1. The second-order valence-electron chi connectivity index (χ2n) is 7.96. The Morgan fingerprint density at radius 1 is 1.22 bits per heavy atom. The quantitative estimate of drug-likeness (QED) is 0.833. The van der Waals surface area contributed by atoms with E-state index in [0.717, 1.165) is 24.2 Å².